The number of nitrogens with zero attached hydrogens (tertiary/aromatic N) is 1. The fourth-order valence-electron chi connectivity index (χ4n) is 4.94. The third kappa shape index (κ3) is 3.36. The topological polar surface area (TPSA) is 58.6 Å². The van der Waals surface area contributed by atoms with Crippen molar-refractivity contribution in [3.05, 3.63) is 52.2 Å². The number of nitrogens with one attached hydrogen (secondary N) is 1. The summed E-state index contributed by atoms with van der Waals surface area (Å²) in [4.78, 5) is 28.1. The Morgan fingerprint density at radius 2 is 2.07 bits per heavy atom. The second kappa shape index (κ2) is 7.22. The van der Waals surface area contributed by atoms with Crippen LogP contribution < -0.4 is 5.32 Å². The molecule has 5 nitrogen and oxygen atoms in total. The van der Waals surface area contributed by atoms with E-state index in [0.717, 1.165) is 18.6 Å². The minimum Gasteiger partial charge on any atom is -0.377 e. The molecule has 2 fully saturated rings. The van der Waals surface area contributed by atoms with E-state index in [2.05, 4.69) is 19.2 Å². The standard InChI is InChI=1S/C22H25FN2O3S/c1-12-10-16(24-20(26)13-6-5-7-14(23)11-13)29-17(12)21(27)25(4)18-15-8-9-28-19(15)22(18,2)3/h5-7,10-11,15,18-19H,8-9H2,1-4H3,(H,24,26)/t15-,18+,19-/m0/s1. The molecule has 2 aromatic rings. The van der Waals surface area contributed by atoms with Crippen molar-refractivity contribution in [3.8, 4) is 0 Å². The van der Waals surface area contributed by atoms with Gasteiger partial charge in [0.05, 0.1) is 16.0 Å². The number of carbonyl (C=O) groups is 2. The van der Waals surface area contributed by atoms with Crippen LogP contribution in [0.25, 0.3) is 0 Å². The smallest absolute Gasteiger partial charge is 0.264 e. The van der Waals surface area contributed by atoms with Crippen molar-refractivity contribution in [2.45, 2.75) is 39.3 Å². The molecule has 7 heteroatoms. The molecule has 1 aromatic carbocycles. The van der Waals surface area contributed by atoms with Gasteiger partial charge in [-0.2, -0.15) is 0 Å². The molecule has 29 heavy (non-hydrogen) atoms. The molecule has 0 bridgehead atoms. The highest BCUT2D eigenvalue weighted by molar-refractivity contribution is 7.18. The fraction of sp³-hybridized carbons (Fsp3) is 0.455. The van der Waals surface area contributed by atoms with Gasteiger partial charge in [0.1, 0.15) is 5.82 Å². The maximum atomic E-state index is 13.4. The van der Waals surface area contributed by atoms with E-state index >= 15 is 0 Å². The Balaban J connectivity index is 1.50. The summed E-state index contributed by atoms with van der Waals surface area (Å²) < 4.78 is 19.2. The minimum atomic E-state index is -0.463. The van der Waals surface area contributed by atoms with E-state index in [1.165, 1.54) is 29.5 Å². The monoisotopic (exact) mass is 416 g/mol. The van der Waals surface area contributed by atoms with Crippen LogP contribution in [-0.2, 0) is 4.74 Å². The van der Waals surface area contributed by atoms with Crippen LogP contribution in [0.15, 0.2) is 30.3 Å². The number of hydrogen-bond donors (Lipinski definition) is 1. The van der Waals surface area contributed by atoms with Crippen molar-refractivity contribution in [3.63, 3.8) is 0 Å². The molecule has 1 aliphatic heterocycles. The average molecular weight is 417 g/mol. The van der Waals surface area contributed by atoms with Gasteiger partial charge in [-0.3, -0.25) is 9.59 Å². The summed E-state index contributed by atoms with van der Waals surface area (Å²) in [7, 11) is 1.85. The Bertz CT molecular complexity index is 971. The molecule has 2 heterocycles. The van der Waals surface area contributed by atoms with Gasteiger partial charge in [0.25, 0.3) is 11.8 Å². The van der Waals surface area contributed by atoms with Gasteiger partial charge in [0.15, 0.2) is 0 Å². The first-order valence-electron chi connectivity index (χ1n) is 9.76. The lowest BCUT2D eigenvalue weighted by molar-refractivity contribution is -0.139. The lowest BCUT2D eigenvalue weighted by Crippen LogP contribution is -2.66. The van der Waals surface area contributed by atoms with E-state index in [9.17, 15) is 14.0 Å². The molecule has 1 N–H and O–H groups in total. The second-order valence-corrected chi connectivity index (χ2v) is 9.57. The van der Waals surface area contributed by atoms with Gasteiger partial charge in [-0.05, 0) is 43.2 Å². The van der Waals surface area contributed by atoms with Crippen LogP contribution in [0.5, 0.6) is 0 Å². The largest absolute Gasteiger partial charge is 0.377 e. The zero-order valence-corrected chi connectivity index (χ0v) is 17.8. The van der Waals surface area contributed by atoms with Crippen molar-refractivity contribution in [1.29, 1.82) is 0 Å². The number of aryl methyl sites for hydroxylation is 1. The molecular weight excluding hydrogens is 391 g/mol. The first-order valence-corrected chi connectivity index (χ1v) is 10.6. The summed E-state index contributed by atoms with van der Waals surface area (Å²) in [6.07, 6.45) is 1.20. The summed E-state index contributed by atoms with van der Waals surface area (Å²) in [5.41, 5.74) is 0.979. The van der Waals surface area contributed by atoms with Crippen LogP contribution in [0.3, 0.4) is 0 Å². The van der Waals surface area contributed by atoms with Gasteiger partial charge >= 0.3 is 0 Å². The Hall–Kier alpha value is -2.25. The summed E-state index contributed by atoms with van der Waals surface area (Å²) in [5.74, 6) is -0.521. The summed E-state index contributed by atoms with van der Waals surface area (Å²) >= 11 is 1.25. The van der Waals surface area contributed by atoms with Gasteiger partial charge in [-0.25, -0.2) is 4.39 Å². The summed E-state index contributed by atoms with van der Waals surface area (Å²) in [5, 5.41) is 3.35. The molecule has 1 saturated heterocycles. The number of fused-ring (bicyclic) bond motifs is 1. The lowest BCUT2D eigenvalue weighted by Gasteiger charge is -2.57. The summed E-state index contributed by atoms with van der Waals surface area (Å²) in [6.45, 7) is 6.92. The molecule has 4 rings (SSSR count). The number of hydrogen-bond acceptors (Lipinski definition) is 4. The van der Waals surface area contributed by atoms with Crippen molar-refractivity contribution >= 4 is 28.2 Å². The maximum Gasteiger partial charge on any atom is 0.264 e. The van der Waals surface area contributed by atoms with Gasteiger partial charge < -0.3 is 15.0 Å². The van der Waals surface area contributed by atoms with Gasteiger partial charge in [0, 0.05) is 36.6 Å². The van der Waals surface area contributed by atoms with Crippen LogP contribution in [0.4, 0.5) is 9.39 Å². The Morgan fingerprint density at radius 1 is 1.31 bits per heavy atom. The molecule has 154 valence electrons. The number of benzene rings is 1. The zero-order valence-electron chi connectivity index (χ0n) is 17.0. The maximum absolute atomic E-state index is 13.4. The Morgan fingerprint density at radius 3 is 2.79 bits per heavy atom. The lowest BCUT2D eigenvalue weighted by atomic mass is 9.57. The van der Waals surface area contributed by atoms with Gasteiger partial charge in [0.2, 0.25) is 0 Å². The molecule has 1 aromatic heterocycles. The van der Waals surface area contributed by atoms with Crippen molar-refractivity contribution < 1.29 is 18.7 Å². The molecule has 1 aliphatic carbocycles. The number of amides is 2. The number of carbonyl (C=O) groups excluding carboxylic acids is 2. The molecule has 0 radical (unpaired) electrons. The molecule has 1 saturated carbocycles. The number of rotatable bonds is 4. The quantitative estimate of drug-likeness (QED) is 0.807. The average Bonchev–Trinajstić information content (AvgIpc) is 3.26. The first-order chi connectivity index (χ1) is 13.7. The highest BCUT2D eigenvalue weighted by atomic mass is 32.1. The third-order valence-electron chi connectivity index (χ3n) is 6.21. The number of halogens is 1. The number of ether oxygens (including phenoxy) is 1. The number of anilines is 1. The molecule has 2 amide bonds. The molecule has 3 atom stereocenters. The summed E-state index contributed by atoms with van der Waals surface area (Å²) in [6, 6.07) is 7.45. The van der Waals surface area contributed by atoms with Crippen LogP contribution in [0, 0.1) is 24.1 Å². The van der Waals surface area contributed by atoms with Crippen LogP contribution in [0.2, 0.25) is 0 Å². The highest BCUT2D eigenvalue weighted by Crippen LogP contribution is 2.54. The van der Waals surface area contributed by atoms with E-state index in [4.69, 9.17) is 4.74 Å². The number of thiophene rings is 1. The molecule has 2 aliphatic rings. The van der Waals surface area contributed by atoms with Crippen LogP contribution in [-0.4, -0.2) is 42.5 Å². The van der Waals surface area contributed by atoms with Crippen molar-refractivity contribution in [2.75, 3.05) is 19.0 Å². The van der Waals surface area contributed by atoms with E-state index in [0.29, 0.717) is 15.8 Å². The Kier molecular flexibility index (Phi) is 4.99. The SMILES string of the molecule is Cc1cc(NC(=O)c2cccc(F)c2)sc1C(=O)N(C)[C@@H]1[C@@H]2CCO[C@@H]2C1(C)C. The van der Waals surface area contributed by atoms with Gasteiger partial charge in [-0.15, -0.1) is 11.3 Å². The third-order valence-corrected chi connectivity index (χ3v) is 7.35. The molecular formula is C22H25FN2O3S. The van der Waals surface area contributed by atoms with Crippen molar-refractivity contribution in [1.82, 2.24) is 4.90 Å². The van der Waals surface area contributed by atoms with E-state index < -0.39 is 11.7 Å². The van der Waals surface area contributed by atoms with Crippen LogP contribution >= 0.6 is 11.3 Å². The van der Waals surface area contributed by atoms with E-state index in [-0.39, 0.29) is 29.0 Å². The molecule has 0 spiro atoms. The highest BCUT2D eigenvalue weighted by Gasteiger charge is 2.61. The minimum absolute atomic E-state index is 0.0396. The predicted octanol–water partition coefficient (Wildman–Crippen LogP) is 4.33. The Labute approximate surface area is 173 Å². The van der Waals surface area contributed by atoms with Crippen molar-refractivity contribution in [2.24, 2.45) is 11.3 Å². The van der Waals surface area contributed by atoms with Crippen LogP contribution in [0.1, 0.15) is 45.9 Å². The predicted molar refractivity (Wildman–Crippen MR) is 111 cm³/mol. The van der Waals surface area contributed by atoms with E-state index in [1.807, 2.05) is 18.9 Å². The van der Waals surface area contributed by atoms with Gasteiger partial charge in [-0.1, -0.05) is 19.9 Å². The first kappa shape index (κ1) is 20.0. The molecule has 0 unspecified atom stereocenters. The zero-order chi connectivity index (χ0) is 20.9. The normalized spacial score (nSPS) is 24.5. The fourth-order valence-corrected chi connectivity index (χ4v) is 5.99. The second-order valence-electron chi connectivity index (χ2n) is 8.51. The van der Waals surface area contributed by atoms with E-state index in [1.54, 1.807) is 12.1 Å².